The zero-order chi connectivity index (χ0) is 52.4. The van der Waals surface area contributed by atoms with Crippen LogP contribution in [0.4, 0.5) is 19.2 Å². The molecule has 69 heavy (non-hydrogen) atoms. The average molecular weight is 977 g/mol. The molecule has 2 aliphatic carbocycles. The molecule has 2 aliphatic rings. The highest BCUT2D eigenvalue weighted by Gasteiger charge is 2.44. The molecule has 0 aromatic carbocycles. The van der Waals surface area contributed by atoms with E-state index in [1.807, 2.05) is 41.5 Å². The van der Waals surface area contributed by atoms with Crippen LogP contribution in [0.1, 0.15) is 161 Å². The van der Waals surface area contributed by atoms with Crippen molar-refractivity contribution in [3.8, 4) is 0 Å². The van der Waals surface area contributed by atoms with Crippen LogP contribution >= 0.6 is 0 Å². The van der Waals surface area contributed by atoms with Gasteiger partial charge in [-0.3, -0.25) is 0 Å². The predicted molar refractivity (Wildman–Crippen MR) is 269 cm³/mol. The Hall–Kier alpha value is -4.54. The van der Waals surface area contributed by atoms with Gasteiger partial charge in [0.2, 0.25) is 0 Å². The molecule has 0 radical (unpaired) electrons. The zero-order valence-electron chi connectivity index (χ0n) is 45.1. The number of urea groups is 2. The number of alkyl carbamates (subject to hydrolysis) is 2. The van der Waals surface area contributed by atoms with Crippen molar-refractivity contribution in [2.24, 2.45) is 21.7 Å². The normalized spacial score (nSPS) is 21.9. The van der Waals surface area contributed by atoms with Gasteiger partial charge >= 0.3 is 36.2 Å². The summed E-state index contributed by atoms with van der Waals surface area (Å²) in [5.74, 6) is -0.969. The Kier molecular flexibility index (Phi) is 23.4. The third kappa shape index (κ3) is 23.3. The quantitative estimate of drug-likeness (QED) is 0.0311. The van der Waals surface area contributed by atoms with E-state index in [0.29, 0.717) is 63.1 Å². The molecule has 0 aromatic rings. The van der Waals surface area contributed by atoms with Crippen molar-refractivity contribution in [3.63, 3.8) is 0 Å². The smallest absolute Gasteiger partial charge is 0.407 e. The average Bonchev–Trinajstić information content (AvgIpc) is 3.18. The second kappa shape index (κ2) is 26.6. The summed E-state index contributed by atoms with van der Waals surface area (Å²) in [5.41, 5.74) is -1.09. The maximum atomic E-state index is 13.5. The van der Waals surface area contributed by atoms with Crippen LogP contribution in [0.2, 0.25) is 0 Å². The third-order valence-electron chi connectivity index (χ3n) is 12.6. The van der Waals surface area contributed by atoms with Crippen molar-refractivity contribution in [2.45, 2.75) is 184 Å². The fourth-order valence-corrected chi connectivity index (χ4v) is 10.2. The zero-order valence-corrected chi connectivity index (χ0v) is 45.1. The van der Waals surface area contributed by atoms with Gasteiger partial charge in [0.25, 0.3) is 0 Å². The summed E-state index contributed by atoms with van der Waals surface area (Å²) in [5, 5.41) is 12.4. The molecular weight excluding hydrogens is 885 g/mol. The molecule has 0 saturated heterocycles. The molecule has 0 aromatic heterocycles. The molecule has 4 unspecified atom stereocenters. The number of hydrogen-bond acceptors (Lipinski definition) is 11. The number of carbonyl (C=O) groups is 6. The van der Waals surface area contributed by atoms with Crippen molar-refractivity contribution < 1.29 is 52.5 Å². The highest BCUT2D eigenvalue weighted by Crippen LogP contribution is 2.47. The van der Waals surface area contributed by atoms with Crippen LogP contribution in [0, 0.1) is 21.7 Å². The van der Waals surface area contributed by atoms with E-state index in [1.54, 1.807) is 23.6 Å². The maximum Gasteiger partial charge on any atom is 0.407 e. The van der Waals surface area contributed by atoms with Gasteiger partial charge in [-0.05, 0) is 141 Å². The van der Waals surface area contributed by atoms with Crippen LogP contribution in [0.15, 0.2) is 24.3 Å². The highest BCUT2D eigenvalue weighted by molar-refractivity contribution is 5.87. The summed E-state index contributed by atoms with van der Waals surface area (Å²) >= 11 is 0. The first-order valence-corrected chi connectivity index (χ1v) is 25.0. The van der Waals surface area contributed by atoms with Crippen LogP contribution in [-0.4, -0.2) is 135 Å². The van der Waals surface area contributed by atoms with Crippen LogP contribution < -0.4 is 21.3 Å². The van der Waals surface area contributed by atoms with E-state index in [1.165, 1.54) is 0 Å². The Morgan fingerprint density at radius 1 is 0.522 bits per heavy atom. The van der Waals surface area contributed by atoms with Crippen molar-refractivity contribution in [1.82, 2.24) is 31.1 Å². The number of hydrogen-bond donors (Lipinski definition) is 4. The molecule has 0 bridgehead atoms. The monoisotopic (exact) mass is 977 g/mol. The van der Waals surface area contributed by atoms with Gasteiger partial charge in [-0.25, -0.2) is 28.8 Å². The van der Waals surface area contributed by atoms with Gasteiger partial charge in [0.15, 0.2) is 0 Å². The topological polar surface area (TPSA) is 203 Å². The molecule has 4 atom stereocenters. The van der Waals surface area contributed by atoms with Crippen LogP contribution in [0.3, 0.4) is 0 Å². The first-order valence-electron chi connectivity index (χ1n) is 25.0. The van der Waals surface area contributed by atoms with E-state index in [4.69, 9.17) is 23.7 Å². The van der Waals surface area contributed by atoms with Gasteiger partial charge in [0.05, 0.1) is 26.3 Å². The summed E-state index contributed by atoms with van der Waals surface area (Å²) in [7, 11) is 0. The Balaban J connectivity index is 1.66. The largest absolute Gasteiger partial charge is 0.460 e. The fraction of sp³-hybridized carbons (Fsp3) is 0.808. The number of rotatable bonds is 24. The molecule has 2 rings (SSSR count). The maximum absolute atomic E-state index is 13.5. The van der Waals surface area contributed by atoms with E-state index in [2.05, 4.69) is 76.0 Å². The minimum atomic E-state index is -0.502. The van der Waals surface area contributed by atoms with Crippen LogP contribution in [0.25, 0.3) is 0 Å². The summed E-state index contributed by atoms with van der Waals surface area (Å²) < 4.78 is 27.2. The molecule has 396 valence electrons. The molecule has 2 saturated carbocycles. The van der Waals surface area contributed by atoms with Crippen LogP contribution in [0.5, 0.6) is 0 Å². The summed E-state index contributed by atoms with van der Waals surface area (Å²) in [6.45, 7) is 38.0. The van der Waals surface area contributed by atoms with Gasteiger partial charge in [-0.1, -0.05) is 54.7 Å². The van der Waals surface area contributed by atoms with E-state index in [-0.39, 0.29) is 85.3 Å². The Morgan fingerprint density at radius 3 is 1.17 bits per heavy atom. The number of esters is 2. The van der Waals surface area contributed by atoms with Crippen molar-refractivity contribution in [3.05, 3.63) is 24.3 Å². The second-order valence-corrected chi connectivity index (χ2v) is 23.9. The SMILES string of the molecule is C=C(C)C(=O)OCCN(C(=O)NC1CC(C)(C)CC(C)(CNC(=O)OCCCCOCCCCOC(=O)NCC2(C)CC(NC(=O)N(CCOC(=O)C(=C)C)C(C)(C)C)CC(C)(C)C2)C1)C(C)(C)C. The van der Waals surface area contributed by atoms with Crippen molar-refractivity contribution >= 4 is 36.2 Å². The molecule has 0 spiro atoms. The lowest BCUT2D eigenvalue weighted by Crippen LogP contribution is -2.57. The second-order valence-electron chi connectivity index (χ2n) is 23.9. The Bertz CT molecular complexity index is 1630. The molecule has 4 N–H and O–H groups in total. The van der Waals surface area contributed by atoms with E-state index >= 15 is 0 Å². The lowest BCUT2D eigenvalue weighted by molar-refractivity contribution is -0.140. The minimum Gasteiger partial charge on any atom is -0.460 e. The third-order valence-corrected chi connectivity index (χ3v) is 12.6. The standard InChI is InChI=1S/C52H92N6O11/c1-37(2)41(59)66-27-21-57(47(5,6)7)43(61)55-39-29-49(11,12)33-51(15,31-39)35-53-45(63)68-25-19-17-23-65-24-18-20-26-69-46(64)54-36-52(16)32-40(30-50(13,14)34-52)56-44(62)58(48(8,9)10)22-28-67-42(60)38(3)4/h39-40H,1,3,17-36H2,2,4-16H3,(H,53,63)(H,54,64)(H,55,61)(H,56,62). The van der Waals surface area contributed by atoms with E-state index < -0.39 is 35.2 Å². The highest BCUT2D eigenvalue weighted by atomic mass is 16.6. The number of nitrogens with zero attached hydrogens (tertiary/aromatic N) is 2. The van der Waals surface area contributed by atoms with E-state index in [9.17, 15) is 28.8 Å². The lowest BCUT2D eigenvalue weighted by Gasteiger charge is -2.47. The molecule has 0 aliphatic heterocycles. The lowest BCUT2D eigenvalue weighted by atomic mass is 9.62. The van der Waals surface area contributed by atoms with Crippen molar-refractivity contribution in [1.29, 1.82) is 0 Å². The minimum absolute atomic E-state index is 0.0674. The first-order chi connectivity index (χ1) is 31.8. The van der Waals surface area contributed by atoms with E-state index in [0.717, 1.165) is 38.5 Å². The number of ether oxygens (including phenoxy) is 5. The van der Waals surface area contributed by atoms with Crippen molar-refractivity contribution in [2.75, 3.05) is 65.8 Å². The van der Waals surface area contributed by atoms with Crippen LogP contribution in [-0.2, 0) is 33.3 Å². The van der Waals surface area contributed by atoms with Gasteiger partial charge in [0.1, 0.15) is 13.2 Å². The number of unbranched alkanes of at least 4 members (excludes halogenated alkanes) is 2. The van der Waals surface area contributed by atoms with Gasteiger partial charge in [-0.2, -0.15) is 0 Å². The molecule has 2 fully saturated rings. The molecule has 17 heteroatoms. The number of nitrogens with one attached hydrogen (secondary N) is 4. The Morgan fingerprint density at radius 2 is 0.855 bits per heavy atom. The molecule has 6 amide bonds. The predicted octanol–water partition coefficient (Wildman–Crippen LogP) is 9.04. The molecular formula is C52H92N6O11. The number of amides is 6. The first kappa shape index (κ1) is 60.6. The molecule has 17 nitrogen and oxygen atoms in total. The summed E-state index contributed by atoms with van der Waals surface area (Å²) in [6, 6.07) is -0.670. The summed E-state index contributed by atoms with van der Waals surface area (Å²) in [6.07, 6.45) is 6.49. The Labute approximate surface area is 414 Å². The number of carbonyl (C=O) groups excluding carboxylic acids is 6. The van der Waals surface area contributed by atoms with Gasteiger partial charge < -0.3 is 54.8 Å². The fourth-order valence-electron chi connectivity index (χ4n) is 10.2. The summed E-state index contributed by atoms with van der Waals surface area (Å²) in [4.78, 5) is 79.6. The molecule has 0 heterocycles. The van der Waals surface area contributed by atoms with Gasteiger partial charge in [-0.15, -0.1) is 0 Å². The van der Waals surface area contributed by atoms with Gasteiger partial charge in [0, 0.05) is 60.6 Å².